The number of rotatable bonds is 14. The van der Waals surface area contributed by atoms with Gasteiger partial charge in [0.1, 0.15) is 0 Å². The van der Waals surface area contributed by atoms with E-state index in [9.17, 15) is 4.79 Å². The van der Waals surface area contributed by atoms with Gasteiger partial charge in [-0.05, 0) is 43.9 Å². The van der Waals surface area contributed by atoms with E-state index >= 15 is 0 Å². The SMILES string of the molecule is CCCCCCC1CC1CCCCC=CCCCC(=O)O. The molecule has 2 unspecified atom stereocenters. The van der Waals surface area contributed by atoms with Gasteiger partial charge in [-0.15, -0.1) is 0 Å². The summed E-state index contributed by atoms with van der Waals surface area (Å²) in [6, 6.07) is 0. The molecule has 0 radical (unpaired) electrons. The van der Waals surface area contributed by atoms with E-state index in [-0.39, 0.29) is 0 Å². The molecule has 0 aliphatic heterocycles. The summed E-state index contributed by atoms with van der Waals surface area (Å²) in [5.41, 5.74) is 0. The van der Waals surface area contributed by atoms with E-state index < -0.39 is 5.97 Å². The topological polar surface area (TPSA) is 37.3 Å². The highest BCUT2D eigenvalue weighted by atomic mass is 16.4. The summed E-state index contributed by atoms with van der Waals surface area (Å²) < 4.78 is 0. The minimum atomic E-state index is -0.683. The summed E-state index contributed by atoms with van der Waals surface area (Å²) in [4.78, 5) is 10.3. The van der Waals surface area contributed by atoms with Crippen molar-refractivity contribution in [2.75, 3.05) is 0 Å². The molecule has 1 fully saturated rings. The normalized spacial score (nSPS) is 21.0. The maximum Gasteiger partial charge on any atom is 0.303 e. The quantitative estimate of drug-likeness (QED) is 0.317. The molecule has 1 N–H and O–H groups in total. The van der Waals surface area contributed by atoms with Gasteiger partial charge >= 0.3 is 5.97 Å². The molecule has 0 spiro atoms. The van der Waals surface area contributed by atoms with Crippen LogP contribution in [0.15, 0.2) is 12.2 Å². The second kappa shape index (κ2) is 11.8. The van der Waals surface area contributed by atoms with Gasteiger partial charge < -0.3 is 5.11 Å². The smallest absolute Gasteiger partial charge is 0.303 e. The van der Waals surface area contributed by atoms with E-state index in [0.29, 0.717) is 6.42 Å². The highest BCUT2D eigenvalue weighted by Gasteiger charge is 2.34. The molecule has 0 amide bonds. The van der Waals surface area contributed by atoms with Crippen LogP contribution in [0.3, 0.4) is 0 Å². The largest absolute Gasteiger partial charge is 0.481 e. The zero-order valence-corrected chi connectivity index (χ0v) is 13.9. The number of hydrogen-bond donors (Lipinski definition) is 1. The van der Waals surface area contributed by atoms with Crippen molar-refractivity contribution in [3.63, 3.8) is 0 Å². The van der Waals surface area contributed by atoms with Crippen molar-refractivity contribution in [3.8, 4) is 0 Å². The van der Waals surface area contributed by atoms with E-state index in [1.807, 2.05) is 0 Å². The Kier molecular flexibility index (Phi) is 10.3. The Labute approximate surface area is 131 Å². The lowest BCUT2D eigenvalue weighted by molar-refractivity contribution is -0.137. The number of allylic oxidation sites excluding steroid dienone is 2. The van der Waals surface area contributed by atoms with Crippen LogP contribution >= 0.6 is 0 Å². The van der Waals surface area contributed by atoms with Gasteiger partial charge in [0.25, 0.3) is 0 Å². The molecule has 0 aromatic rings. The lowest BCUT2D eigenvalue weighted by Gasteiger charge is -2.00. The Morgan fingerprint density at radius 1 is 0.952 bits per heavy atom. The van der Waals surface area contributed by atoms with Crippen LogP contribution in [0.25, 0.3) is 0 Å². The molecule has 0 bridgehead atoms. The molecule has 21 heavy (non-hydrogen) atoms. The van der Waals surface area contributed by atoms with Crippen LogP contribution in [0, 0.1) is 11.8 Å². The molecule has 1 aliphatic carbocycles. The fraction of sp³-hybridized carbons (Fsp3) is 0.842. The molecule has 0 aromatic carbocycles. The number of carboxylic acids is 1. The van der Waals surface area contributed by atoms with Gasteiger partial charge in [-0.3, -0.25) is 4.79 Å². The first kappa shape index (κ1) is 18.3. The molecule has 0 aromatic heterocycles. The Morgan fingerprint density at radius 2 is 1.57 bits per heavy atom. The lowest BCUT2D eigenvalue weighted by Crippen LogP contribution is -1.92. The molecule has 0 heterocycles. The number of carbonyl (C=O) groups is 1. The first-order valence-corrected chi connectivity index (χ1v) is 9.10. The van der Waals surface area contributed by atoms with E-state index in [4.69, 9.17) is 5.11 Å². The van der Waals surface area contributed by atoms with Crippen LogP contribution in [0.1, 0.15) is 90.4 Å². The van der Waals surface area contributed by atoms with Crippen molar-refractivity contribution >= 4 is 5.97 Å². The van der Waals surface area contributed by atoms with Crippen LogP contribution in [0.4, 0.5) is 0 Å². The Morgan fingerprint density at radius 3 is 2.19 bits per heavy atom. The first-order valence-electron chi connectivity index (χ1n) is 9.10. The highest BCUT2D eigenvalue weighted by molar-refractivity contribution is 5.66. The van der Waals surface area contributed by atoms with Gasteiger partial charge in [0.2, 0.25) is 0 Å². The summed E-state index contributed by atoms with van der Waals surface area (Å²) in [6.07, 6.45) is 20.3. The molecule has 2 atom stereocenters. The fourth-order valence-corrected chi connectivity index (χ4v) is 3.13. The van der Waals surface area contributed by atoms with Gasteiger partial charge in [0.05, 0.1) is 0 Å². The maximum absolute atomic E-state index is 10.3. The minimum Gasteiger partial charge on any atom is -0.481 e. The molecule has 1 saturated carbocycles. The van der Waals surface area contributed by atoms with Gasteiger partial charge in [0.15, 0.2) is 0 Å². The second-order valence-electron chi connectivity index (χ2n) is 6.65. The van der Waals surface area contributed by atoms with Crippen molar-refractivity contribution < 1.29 is 9.90 Å². The summed E-state index contributed by atoms with van der Waals surface area (Å²) in [5.74, 6) is 1.43. The van der Waals surface area contributed by atoms with E-state index in [1.165, 1.54) is 64.2 Å². The van der Waals surface area contributed by atoms with E-state index in [1.54, 1.807) is 0 Å². The maximum atomic E-state index is 10.3. The van der Waals surface area contributed by atoms with Gasteiger partial charge in [-0.25, -0.2) is 0 Å². The first-order chi connectivity index (χ1) is 10.2. The van der Waals surface area contributed by atoms with Gasteiger partial charge in [0, 0.05) is 6.42 Å². The molecular formula is C19H34O2. The summed E-state index contributed by atoms with van der Waals surface area (Å²) >= 11 is 0. The van der Waals surface area contributed by atoms with Crippen LogP contribution in [-0.2, 0) is 4.79 Å². The van der Waals surface area contributed by atoms with Crippen LogP contribution in [-0.4, -0.2) is 11.1 Å². The number of aliphatic carboxylic acids is 1. The zero-order chi connectivity index (χ0) is 15.3. The summed E-state index contributed by atoms with van der Waals surface area (Å²) in [7, 11) is 0. The third-order valence-electron chi connectivity index (χ3n) is 4.62. The molecule has 2 nitrogen and oxygen atoms in total. The fourth-order valence-electron chi connectivity index (χ4n) is 3.13. The predicted molar refractivity (Wildman–Crippen MR) is 89.5 cm³/mol. The molecule has 1 rings (SSSR count). The average molecular weight is 294 g/mol. The third-order valence-corrected chi connectivity index (χ3v) is 4.62. The van der Waals surface area contributed by atoms with Crippen molar-refractivity contribution in [2.45, 2.75) is 90.4 Å². The van der Waals surface area contributed by atoms with Crippen LogP contribution < -0.4 is 0 Å². The van der Waals surface area contributed by atoms with Crippen LogP contribution in [0.5, 0.6) is 0 Å². The molecule has 1 aliphatic rings. The Hall–Kier alpha value is -0.790. The summed E-state index contributed by atoms with van der Waals surface area (Å²) in [6.45, 7) is 2.28. The van der Waals surface area contributed by atoms with Crippen molar-refractivity contribution in [1.29, 1.82) is 0 Å². The minimum absolute atomic E-state index is 0.297. The predicted octanol–water partition coefficient (Wildman–Crippen LogP) is 5.96. The molecule has 2 heteroatoms. The number of hydrogen-bond acceptors (Lipinski definition) is 1. The Bertz CT molecular complexity index is 296. The Balaban J connectivity index is 1.81. The van der Waals surface area contributed by atoms with Gasteiger partial charge in [-0.2, -0.15) is 0 Å². The third kappa shape index (κ3) is 10.6. The lowest BCUT2D eigenvalue weighted by atomic mass is 10.1. The molecule has 122 valence electrons. The van der Waals surface area contributed by atoms with Crippen molar-refractivity contribution in [3.05, 3.63) is 12.2 Å². The zero-order valence-electron chi connectivity index (χ0n) is 13.9. The molecular weight excluding hydrogens is 260 g/mol. The average Bonchev–Trinajstić information content (AvgIpc) is 3.20. The standard InChI is InChI=1S/C19H34O2/c1-2-3-4-10-13-17-16-18(17)14-11-8-6-5-7-9-12-15-19(20)21/h5,7,17-18H,2-4,6,8-16H2,1H3,(H,20,21). The van der Waals surface area contributed by atoms with Gasteiger partial charge in [-0.1, -0.05) is 64.0 Å². The van der Waals surface area contributed by atoms with Crippen molar-refractivity contribution in [1.82, 2.24) is 0 Å². The van der Waals surface area contributed by atoms with Crippen LogP contribution in [0.2, 0.25) is 0 Å². The monoisotopic (exact) mass is 294 g/mol. The highest BCUT2D eigenvalue weighted by Crippen LogP contribution is 2.45. The second-order valence-corrected chi connectivity index (χ2v) is 6.65. The van der Waals surface area contributed by atoms with E-state index in [0.717, 1.165) is 24.7 Å². The van der Waals surface area contributed by atoms with Crippen molar-refractivity contribution in [2.24, 2.45) is 11.8 Å². The van der Waals surface area contributed by atoms with E-state index in [2.05, 4.69) is 19.1 Å². The summed E-state index contributed by atoms with van der Waals surface area (Å²) in [5, 5.41) is 8.52. The molecule has 0 saturated heterocycles. The number of carboxylic acid groups (broad SMARTS) is 1. The number of unbranched alkanes of at least 4 members (excludes halogenated alkanes) is 6.